The number of nitrogens with zero attached hydrogens (tertiary/aromatic N) is 1. The quantitative estimate of drug-likeness (QED) is 0.724. The van der Waals surface area contributed by atoms with Gasteiger partial charge in [-0.05, 0) is 42.3 Å². The summed E-state index contributed by atoms with van der Waals surface area (Å²) in [6.45, 7) is 1.06. The number of carbonyl (C=O) groups is 1. The Bertz CT molecular complexity index is 784. The van der Waals surface area contributed by atoms with E-state index in [-0.39, 0.29) is 5.91 Å². The molecule has 0 aliphatic carbocycles. The number of amides is 1. The molecule has 0 aliphatic rings. The summed E-state index contributed by atoms with van der Waals surface area (Å²) in [4.78, 5) is 11.9. The van der Waals surface area contributed by atoms with Crippen LogP contribution in [-0.4, -0.2) is 33.2 Å². The van der Waals surface area contributed by atoms with Crippen LogP contribution in [0.2, 0.25) is 0 Å². The number of nitriles is 1. The lowest BCUT2D eigenvalue weighted by atomic mass is 10.1. The van der Waals surface area contributed by atoms with Gasteiger partial charge in [-0.2, -0.15) is 5.26 Å². The van der Waals surface area contributed by atoms with Crippen LogP contribution in [0.25, 0.3) is 0 Å². The van der Waals surface area contributed by atoms with Gasteiger partial charge >= 0.3 is 0 Å². The van der Waals surface area contributed by atoms with Crippen LogP contribution in [0.5, 0.6) is 11.5 Å². The molecule has 2 N–H and O–H groups in total. The molecule has 2 rings (SSSR count). The highest BCUT2D eigenvalue weighted by Gasteiger charge is 2.05. The number of hydrogen-bond donors (Lipinski definition) is 2. The summed E-state index contributed by atoms with van der Waals surface area (Å²) in [5.74, 6) is 1.35. The molecule has 0 atom stereocenters. The van der Waals surface area contributed by atoms with Gasteiger partial charge in [-0.3, -0.25) is 4.79 Å². The van der Waals surface area contributed by atoms with E-state index in [1.54, 1.807) is 26.4 Å². The lowest BCUT2D eigenvalue weighted by molar-refractivity contribution is -0.120. The van der Waals surface area contributed by atoms with Crippen LogP contribution in [0.3, 0.4) is 0 Å². The van der Waals surface area contributed by atoms with E-state index in [2.05, 4.69) is 16.7 Å². The Balaban J connectivity index is 1.71. The van der Waals surface area contributed by atoms with Crippen molar-refractivity contribution in [3.63, 3.8) is 0 Å². The Labute approximate surface area is 153 Å². The zero-order valence-electron chi connectivity index (χ0n) is 15.0. The van der Waals surface area contributed by atoms with Gasteiger partial charge in [0.25, 0.3) is 0 Å². The van der Waals surface area contributed by atoms with Crippen molar-refractivity contribution < 1.29 is 14.3 Å². The molecule has 136 valence electrons. The van der Waals surface area contributed by atoms with Crippen molar-refractivity contribution in [2.75, 3.05) is 32.6 Å². The number of benzene rings is 2. The number of methoxy groups -OCH3 is 2. The van der Waals surface area contributed by atoms with Crippen molar-refractivity contribution in [2.24, 2.45) is 0 Å². The zero-order chi connectivity index (χ0) is 18.8. The molecule has 2 aromatic carbocycles. The van der Waals surface area contributed by atoms with E-state index in [0.717, 1.165) is 11.3 Å². The van der Waals surface area contributed by atoms with Crippen LogP contribution in [0, 0.1) is 11.3 Å². The number of carbonyl (C=O) groups excluding carboxylic acids is 1. The normalized spacial score (nSPS) is 9.88. The maximum atomic E-state index is 11.9. The summed E-state index contributed by atoms with van der Waals surface area (Å²) in [6, 6.07) is 15.0. The van der Waals surface area contributed by atoms with Gasteiger partial charge in [0.15, 0.2) is 11.5 Å². The molecule has 6 heteroatoms. The predicted octanol–water partition coefficient (Wildman–Crippen LogP) is 2.74. The van der Waals surface area contributed by atoms with Crippen LogP contribution in [0.4, 0.5) is 5.69 Å². The Morgan fingerprint density at radius 2 is 1.88 bits per heavy atom. The lowest BCUT2D eigenvalue weighted by Gasteiger charge is -2.10. The molecular weight excluding hydrogens is 330 g/mol. The number of rotatable bonds is 9. The second kappa shape index (κ2) is 9.94. The Morgan fingerprint density at radius 3 is 2.62 bits per heavy atom. The molecular formula is C20H23N3O3. The fraction of sp³-hybridized carbons (Fsp3) is 0.300. The summed E-state index contributed by atoms with van der Waals surface area (Å²) in [5.41, 5.74) is 2.49. The van der Waals surface area contributed by atoms with Gasteiger partial charge in [0.2, 0.25) is 5.91 Å². The second-order valence-corrected chi connectivity index (χ2v) is 5.66. The SMILES string of the molecule is COc1ccc(CCNC(=O)CCNc2cccc(C#N)c2)cc1OC. The molecule has 0 aliphatic heterocycles. The Hall–Kier alpha value is -3.20. The minimum atomic E-state index is -0.0191. The van der Waals surface area contributed by atoms with Crippen molar-refractivity contribution in [3.8, 4) is 17.6 Å². The number of nitrogens with one attached hydrogen (secondary N) is 2. The summed E-state index contributed by atoms with van der Waals surface area (Å²) in [5, 5.41) is 14.9. The highest BCUT2D eigenvalue weighted by Crippen LogP contribution is 2.27. The molecule has 6 nitrogen and oxygen atoms in total. The van der Waals surface area contributed by atoms with Gasteiger partial charge in [0.1, 0.15) is 0 Å². The van der Waals surface area contributed by atoms with Crippen molar-refractivity contribution in [3.05, 3.63) is 53.6 Å². The van der Waals surface area contributed by atoms with E-state index in [9.17, 15) is 4.79 Å². The van der Waals surface area contributed by atoms with E-state index in [1.165, 1.54) is 0 Å². The number of hydrogen-bond acceptors (Lipinski definition) is 5. The standard InChI is InChI=1S/C20H23N3O3/c1-25-18-7-6-15(13-19(18)26-2)8-10-23-20(24)9-11-22-17-5-3-4-16(12-17)14-21/h3-7,12-13,22H,8-11H2,1-2H3,(H,23,24). The molecule has 0 radical (unpaired) electrons. The van der Waals surface area contributed by atoms with Crippen LogP contribution < -0.4 is 20.1 Å². The smallest absolute Gasteiger partial charge is 0.221 e. The van der Waals surface area contributed by atoms with E-state index < -0.39 is 0 Å². The van der Waals surface area contributed by atoms with Gasteiger partial charge in [-0.1, -0.05) is 12.1 Å². The minimum Gasteiger partial charge on any atom is -0.493 e. The van der Waals surface area contributed by atoms with E-state index in [0.29, 0.717) is 43.0 Å². The van der Waals surface area contributed by atoms with E-state index >= 15 is 0 Å². The van der Waals surface area contributed by atoms with Gasteiger partial charge in [-0.15, -0.1) is 0 Å². The maximum Gasteiger partial charge on any atom is 0.221 e. The summed E-state index contributed by atoms with van der Waals surface area (Å²) in [6.07, 6.45) is 1.08. The van der Waals surface area contributed by atoms with Gasteiger partial charge < -0.3 is 20.1 Å². The largest absolute Gasteiger partial charge is 0.493 e. The van der Waals surface area contributed by atoms with Crippen LogP contribution in [0.15, 0.2) is 42.5 Å². The molecule has 0 saturated heterocycles. The fourth-order valence-corrected chi connectivity index (χ4v) is 2.49. The third-order valence-corrected chi connectivity index (χ3v) is 3.86. The molecule has 0 fully saturated rings. The van der Waals surface area contributed by atoms with Crippen molar-refractivity contribution >= 4 is 11.6 Å². The monoisotopic (exact) mass is 353 g/mol. The molecule has 1 amide bonds. The van der Waals surface area contributed by atoms with Gasteiger partial charge in [0.05, 0.1) is 25.9 Å². The van der Waals surface area contributed by atoms with Crippen LogP contribution >= 0.6 is 0 Å². The molecule has 2 aromatic rings. The molecule has 0 heterocycles. The topological polar surface area (TPSA) is 83.4 Å². The third-order valence-electron chi connectivity index (χ3n) is 3.86. The third kappa shape index (κ3) is 5.71. The first kappa shape index (κ1) is 19.1. The Morgan fingerprint density at radius 1 is 1.08 bits per heavy atom. The minimum absolute atomic E-state index is 0.0191. The molecule has 0 bridgehead atoms. The van der Waals surface area contributed by atoms with Gasteiger partial charge in [0, 0.05) is 25.2 Å². The second-order valence-electron chi connectivity index (χ2n) is 5.66. The van der Waals surface area contributed by atoms with Crippen LogP contribution in [-0.2, 0) is 11.2 Å². The van der Waals surface area contributed by atoms with Gasteiger partial charge in [-0.25, -0.2) is 0 Å². The molecule has 0 saturated carbocycles. The zero-order valence-corrected chi connectivity index (χ0v) is 15.0. The van der Waals surface area contributed by atoms with Crippen molar-refractivity contribution in [2.45, 2.75) is 12.8 Å². The van der Waals surface area contributed by atoms with Crippen molar-refractivity contribution in [1.29, 1.82) is 5.26 Å². The summed E-state index contributed by atoms with van der Waals surface area (Å²) < 4.78 is 10.5. The molecule has 26 heavy (non-hydrogen) atoms. The predicted molar refractivity (Wildman–Crippen MR) is 101 cm³/mol. The Kier molecular flexibility index (Phi) is 7.31. The molecule has 0 unspecified atom stereocenters. The molecule has 0 spiro atoms. The fourth-order valence-electron chi connectivity index (χ4n) is 2.49. The first-order valence-corrected chi connectivity index (χ1v) is 8.38. The average molecular weight is 353 g/mol. The summed E-state index contributed by atoms with van der Waals surface area (Å²) >= 11 is 0. The van der Waals surface area contributed by atoms with E-state index in [1.807, 2.05) is 30.3 Å². The lowest BCUT2D eigenvalue weighted by Crippen LogP contribution is -2.27. The first-order chi connectivity index (χ1) is 12.7. The van der Waals surface area contributed by atoms with Crippen LogP contribution in [0.1, 0.15) is 17.5 Å². The number of ether oxygens (including phenoxy) is 2. The number of anilines is 1. The van der Waals surface area contributed by atoms with E-state index in [4.69, 9.17) is 14.7 Å². The molecule has 0 aromatic heterocycles. The average Bonchev–Trinajstić information content (AvgIpc) is 2.68. The maximum absolute atomic E-state index is 11.9. The van der Waals surface area contributed by atoms with Crippen molar-refractivity contribution in [1.82, 2.24) is 5.32 Å². The highest BCUT2D eigenvalue weighted by molar-refractivity contribution is 5.76. The highest BCUT2D eigenvalue weighted by atomic mass is 16.5. The summed E-state index contributed by atoms with van der Waals surface area (Å²) in [7, 11) is 3.20. The first-order valence-electron chi connectivity index (χ1n) is 8.38.